The maximum absolute atomic E-state index is 11.9. The highest BCUT2D eigenvalue weighted by Crippen LogP contribution is 2.22. The van der Waals surface area contributed by atoms with Gasteiger partial charge in [-0.2, -0.15) is 0 Å². The molecule has 0 saturated heterocycles. The highest BCUT2D eigenvalue weighted by Gasteiger charge is 2.06. The fraction of sp³-hybridized carbons (Fsp3) is 0.188. The van der Waals surface area contributed by atoms with E-state index in [0.29, 0.717) is 17.3 Å². The molecule has 1 amide bonds. The van der Waals surface area contributed by atoms with Crippen LogP contribution >= 0.6 is 22.9 Å². The molecule has 0 saturated carbocycles. The van der Waals surface area contributed by atoms with E-state index in [1.165, 1.54) is 10.9 Å². The molecule has 0 fully saturated rings. The quantitative estimate of drug-likeness (QED) is 0.573. The van der Waals surface area contributed by atoms with Crippen LogP contribution in [0.1, 0.15) is 21.8 Å². The highest BCUT2D eigenvalue weighted by atomic mass is 35.5. The first-order valence-corrected chi connectivity index (χ1v) is 8.16. The number of nitrogens with zero attached hydrogens (tertiary/aromatic N) is 2. The molecule has 0 radical (unpaired) electrons. The summed E-state index contributed by atoms with van der Waals surface area (Å²) in [5.41, 5.74) is 1.57. The number of thiazole rings is 1. The fourth-order valence-corrected chi connectivity index (χ4v) is 3.30. The van der Waals surface area contributed by atoms with Crippen LogP contribution in [-0.4, -0.2) is 22.4 Å². The summed E-state index contributed by atoms with van der Waals surface area (Å²) in [5, 5.41) is 4.30. The van der Waals surface area contributed by atoms with Gasteiger partial charge < -0.3 is 5.32 Å². The zero-order valence-electron chi connectivity index (χ0n) is 11.8. The number of aryl methyl sites for hydroxylation is 1. The monoisotopic (exact) mass is 331 g/mol. The largest absolute Gasteiger partial charge is 0.352 e. The van der Waals surface area contributed by atoms with Gasteiger partial charge >= 0.3 is 0 Å². The van der Waals surface area contributed by atoms with E-state index >= 15 is 0 Å². The van der Waals surface area contributed by atoms with Gasteiger partial charge in [-0.25, -0.2) is 9.97 Å². The summed E-state index contributed by atoms with van der Waals surface area (Å²) < 4.78 is 1.20. The number of benzene rings is 1. The predicted molar refractivity (Wildman–Crippen MR) is 89.5 cm³/mol. The molecular weight excluding hydrogens is 318 g/mol. The summed E-state index contributed by atoms with van der Waals surface area (Å²) in [7, 11) is 0. The summed E-state index contributed by atoms with van der Waals surface area (Å²) in [6, 6.07) is 11.3. The molecule has 0 bridgehead atoms. The van der Waals surface area contributed by atoms with E-state index in [0.717, 1.165) is 23.4 Å². The summed E-state index contributed by atoms with van der Waals surface area (Å²) in [6.45, 7) is 0.606. The van der Waals surface area contributed by atoms with E-state index in [1.54, 1.807) is 23.5 Å². The minimum atomic E-state index is -0.131. The van der Waals surface area contributed by atoms with Crippen molar-refractivity contribution in [2.45, 2.75) is 12.8 Å². The third-order valence-electron chi connectivity index (χ3n) is 3.18. The Bertz CT molecular complexity index is 770. The van der Waals surface area contributed by atoms with Crippen LogP contribution in [0.5, 0.6) is 0 Å². The van der Waals surface area contributed by atoms with Gasteiger partial charge in [0.2, 0.25) is 0 Å². The molecule has 0 unspecified atom stereocenters. The smallest absolute Gasteiger partial charge is 0.251 e. The highest BCUT2D eigenvalue weighted by molar-refractivity contribution is 7.18. The number of halogens is 1. The van der Waals surface area contributed by atoms with Crippen molar-refractivity contribution >= 4 is 39.1 Å². The Morgan fingerprint density at radius 2 is 2.14 bits per heavy atom. The number of carbonyl (C=O) groups excluding carboxylic acids is 1. The molecule has 0 aliphatic heterocycles. The fourth-order valence-electron chi connectivity index (χ4n) is 2.11. The van der Waals surface area contributed by atoms with E-state index in [1.807, 2.05) is 18.2 Å². The molecule has 0 aliphatic rings. The first-order chi connectivity index (χ1) is 10.7. The maximum atomic E-state index is 11.9. The summed E-state index contributed by atoms with van der Waals surface area (Å²) in [5.74, 6) is -0.131. The Hall–Kier alpha value is -1.98. The Morgan fingerprint density at radius 3 is 2.95 bits per heavy atom. The van der Waals surface area contributed by atoms with Gasteiger partial charge in [-0.3, -0.25) is 4.79 Å². The first-order valence-electron chi connectivity index (χ1n) is 6.96. The molecule has 0 spiro atoms. The van der Waals surface area contributed by atoms with Crippen molar-refractivity contribution in [3.05, 3.63) is 58.3 Å². The number of rotatable bonds is 5. The number of para-hydroxylation sites is 1. The summed E-state index contributed by atoms with van der Waals surface area (Å²) in [4.78, 5) is 20.4. The number of aromatic nitrogens is 2. The number of hydrogen-bond acceptors (Lipinski definition) is 4. The van der Waals surface area contributed by atoms with Crippen molar-refractivity contribution in [1.82, 2.24) is 15.3 Å². The van der Waals surface area contributed by atoms with Gasteiger partial charge in [0, 0.05) is 24.7 Å². The third kappa shape index (κ3) is 3.61. The maximum Gasteiger partial charge on any atom is 0.251 e. The molecule has 3 aromatic rings. The van der Waals surface area contributed by atoms with Gasteiger partial charge in [0.1, 0.15) is 5.15 Å². The van der Waals surface area contributed by atoms with Crippen molar-refractivity contribution < 1.29 is 4.79 Å². The molecule has 2 aromatic heterocycles. The number of fused-ring (bicyclic) bond motifs is 1. The third-order valence-corrected chi connectivity index (χ3v) is 4.48. The molecule has 22 heavy (non-hydrogen) atoms. The van der Waals surface area contributed by atoms with Gasteiger partial charge in [0.15, 0.2) is 0 Å². The molecule has 6 heteroatoms. The topological polar surface area (TPSA) is 54.9 Å². The van der Waals surface area contributed by atoms with E-state index < -0.39 is 0 Å². The molecule has 0 aliphatic carbocycles. The molecule has 1 aromatic carbocycles. The number of amides is 1. The van der Waals surface area contributed by atoms with Crippen molar-refractivity contribution in [2.24, 2.45) is 0 Å². The second-order valence-electron chi connectivity index (χ2n) is 4.80. The Morgan fingerprint density at radius 1 is 1.27 bits per heavy atom. The van der Waals surface area contributed by atoms with Crippen molar-refractivity contribution in [3.63, 3.8) is 0 Å². The van der Waals surface area contributed by atoms with Crippen molar-refractivity contribution in [1.29, 1.82) is 0 Å². The van der Waals surface area contributed by atoms with Gasteiger partial charge in [-0.1, -0.05) is 23.7 Å². The average molecular weight is 332 g/mol. The van der Waals surface area contributed by atoms with Crippen LogP contribution in [0.2, 0.25) is 5.15 Å². The minimum absolute atomic E-state index is 0.131. The van der Waals surface area contributed by atoms with Crippen molar-refractivity contribution in [3.8, 4) is 0 Å². The second-order valence-corrected chi connectivity index (χ2v) is 6.30. The number of hydrogen-bond donors (Lipinski definition) is 1. The Labute approximate surface area is 137 Å². The van der Waals surface area contributed by atoms with Gasteiger partial charge in [-0.05, 0) is 30.7 Å². The molecule has 112 valence electrons. The van der Waals surface area contributed by atoms with E-state index in [2.05, 4.69) is 21.4 Å². The number of pyridine rings is 1. The molecule has 4 nitrogen and oxygen atoms in total. The second kappa shape index (κ2) is 6.85. The lowest BCUT2D eigenvalue weighted by atomic mass is 10.2. The number of carbonyl (C=O) groups is 1. The lowest BCUT2D eigenvalue weighted by molar-refractivity contribution is 0.0953. The standard InChI is InChI=1S/C16H14ClN3OS/c17-14-10-11(7-9-18-14)16(21)19-8-3-6-15-20-12-4-1-2-5-13(12)22-15/h1-2,4-5,7,9-10H,3,6,8H2,(H,19,21). The lowest BCUT2D eigenvalue weighted by Gasteiger charge is -2.04. The van der Waals surface area contributed by atoms with Crippen LogP contribution in [0.25, 0.3) is 10.2 Å². The van der Waals surface area contributed by atoms with Crippen LogP contribution in [0, 0.1) is 0 Å². The zero-order valence-corrected chi connectivity index (χ0v) is 13.3. The Kier molecular flexibility index (Phi) is 4.65. The van der Waals surface area contributed by atoms with E-state index in [-0.39, 0.29) is 5.91 Å². The van der Waals surface area contributed by atoms with Crippen LogP contribution in [0.3, 0.4) is 0 Å². The normalized spacial score (nSPS) is 10.8. The van der Waals surface area contributed by atoms with Crippen LogP contribution in [-0.2, 0) is 6.42 Å². The van der Waals surface area contributed by atoms with Gasteiger partial charge in [-0.15, -0.1) is 11.3 Å². The van der Waals surface area contributed by atoms with Crippen molar-refractivity contribution in [2.75, 3.05) is 6.54 Å². The van der Waals surface area contributed by atoms with Crippen LogP contribution < -0.4 is 5.32 Å². The molecule has 1 N–H and O–H groups in total. The zero-order chi connectivity index (χ0) is 15.4. The SMILES string of the molecule is O=C(NCCCc1nc2ccccc2s1)c1ccnc(Cl)c1. The van der Waals surface area contributed by atoms with Gasteiger partial charge in [0.25, 0.3) is 5.91 Å². The summed E-state index contributed by atoms with van der Waals surface area (Å²) >= 11 is 7.48. The molecule has 3 rings (SSSR count). The average Bonchev–Trinajstić information content (AvgIpc) is 2.94. The van der Waals surface area contributed by atoms with E-state index in [9.17, 15) is 4.79 Å². The minimum Gasteiger partial charge on any atom is -0.352 e. The van der Waals surface area contributed by atoms with Crippen LogP contribution in [0.15, 0.2) is 42.6 Å². The Balaban J connectivity index is 1.50. The molecule has 2 heterocycles. The summed E-state index contributed by atoms with van der Waals surface area (Å²) in [6.07, 6.45) is 3.24. The van der Waals surface area contributed by atoms with E-state index in [4.69, 9.17) is 11.6 Å². The lowest BCUT2D eigenvalue weighted by Crippen LogP contribution is -2.24. The number of nitrogens with one attached hydrogen (secondary N) is 1. The van der Waals surface area contributed by atoms with Gasteiger partial charge in [0.05, 0.1) is 15.2 Å². The molecular formula is C16H14ClN3OS. The molecule has 0 atom stereocenters. The van der Waals surface area contributed by atoms with Crippen LogP contribution in [0.4, 0.5) is 0 Å². The predicted octanol–water partition coefficient (Wildman–Crippen LogP) is 3.71. The first kappa shape index (κ1) is 14.9.